The summed E-state index contributed by atoms with van der Waals surface area (Å²) in [4.78, 5) is 10.9. The summed E-state index contributed by atoms with van der Waals surface area (Å²) in [5.41, 5.74) is 2.68. The van der Waals surface area contributed by atoms with Crippen LogP contribution in [0.5, 0.6) is 0 Å². The first-order chi connectivity index (χ1) is 14.8. The Morgan fingerprint density at radius 3 is 2.32 bits per heavy atom. The van der Waals surface area contributed by atoms with Gasteiger partial charge in [0.25, 0.3) is 10.0 Å². The van der Waals surface area contributed by atoms with Crippen molar-refractivity contribution in [1.29, 1.82) is 0 Å². The second-order valence-electron chi connectivity index (χ2n) is 8.17. The maximum Gasteiger partial charge on any atom is 0.303 e. The highest BCUT2D eigenvalue weighted by atomic mass is 79.9. The Morgan fingerprint density at radius 1 is 0.968 bits per heavy atom. The molecular formula is C24H30BrNO4S. The van der Waals surface area contributed by atoms with Crippen LogP contribution in [0.4, 0.5) is 5.69 Å². The topological polar surface area (TPSA) is 74.7 Å². The number of hydrogen-bond acceptors (Lipinski definition) is 3. The largest absolute Gasteiger partial charge is 0.481 e. The van der Waals surface area contributed by atoms with Gasteiger partial charge in [0, 0.05) is 23.9 Å². The molecule has 0 radical (unpaired) electrons. The molecule has 1 N–H and O–H groups in total. The van der Waals surface area contributed by atoms with Gasteiger partial charge in [-0.25, -0.2) is 8.42 Å². The number of carbonyl (C=O) groups is 1. The molecule has 31 heavy (non-hydrogen) atoms. The van der Waals surface area contributed by atoms with Crippen molar-refractivity contribution < 1.29 is 18.3 Å². The monoisotopic (exact) mass is 507 g/mol. The van der Waals surface area contributed by atoms with E-state index in [2.05, 4.69) is 15.9 Å². The average Bonchev–Trinajstić information content (AvgIpc) is 2.80. The van der Waals surface area contributed by atoms with Crippen LogP contribution in [0.15, 0.2) is 51.8 Å². The predicted molar refractivity (Wildman–Crippen MR) is 127 cm³/mol. The Kier molecular flexibility index (Phi) is 8.17. The molecule has 0 spiro atoms. The van der Waals surface area contributed by atoms with Gasteiger partial charge in [0.05, 0.1) is 10.6 Å². The van der Waals surface area contributed by atoms with Gasteiger partial charge in [0.1, 0.15) is 0 Å². The van der Waals surface area contributed by atoms with Crippen LogP contribution in [0, 0.1) is 0 Å². The zero-order valence-corrected chi connectivity index (χ0v) is 20.3. The molecule has 0 bridgehead atoms. The van der Waals surface area contributed by atoms with Crippen LogP contribution in [0.2, 0.25) is 0 Å². The molecule has 7 heteroatoms. The molecule has 1 atom stereocenters. The molecule has 1 heterocycles. The molecule has 0 aromatic heterocycles. The van der Waals surface area contributed by atoms with Gasteiger partial charge in [0.2, 0.25) is 0 Å². The number of halogens is 1. The Balaban J connectivity index is 1.70. The van der Waals surface area contributed by atoms with Gasteiger partial charge in [-0.05, 0) is 42.2 Å². The molecule has 2 aromatic carbocycles. The third kappa shape index (κ3) is 5.69. The van der Waals surface area contributed by atoms with Crippen molar-refractivity contribution in [2.24, 2.45) is 0 Å². The molecule has 0 aliphatic carbocycles. The van der Waals surface area contributed by atoms with Crippen molar-refractivity contribution in [3.63, 3.8) is 0 Å². The lowest BCUT2D eigenvalue weighted by Crippen LogP contribution is -2.26. The normalized spacial score (nSPS) is 17.0. The Hall–Kier alpha value is -1.86. The van der Waals surface area contributed by atoms with E-state index in [1.165, 1.54) is 4.31 Å². The zero-order valence-electron chi connectivity index (χ0n) is 17.9. The van der Waals surface area contributed by atoms with Crippen molar-refractivity contribution in [1.82, 2.24) is 0 Å². The summed E-state index contributed by atoms with van der Waals surface area (Å²) in [7, 11) is -1.99. The number of nitrogens with zero attached hydrogens (tertiary/aromatic N) is 1. The number of sulfonamides is 1. The van der Waals surface area contributed by atoms with Crippen molar-refractivity contribution in [2.75, 3.05) is 11.4 Å². The molecule has 0 saturated carbocycles. The fourth-order valence-electron chi connectivity index (χ4n) is 4.35. The average molecular weight is 508 g/mol. The Bertz CT molecular complexity index is 1020. The first-order valence-corrected chi connectivity index (χ1v) is 13.1. The number of unbranched alkanes of at least 4 members (excludes halogenated alkanes) is 6. The first kappa shape index (κ1) is 23.8. The molecule has 168 valence electrons. The van der Waals surface area contributed by atoms with Crippen LogP contribution in [0.25, 0.3) is 0 Å². The summed E-state index contributed by atoms with van der Waals surface area (Å²) < 4.78 is 28.8. The number of fused-ring (bicyclic) bond motifs is 2. The van der Waals surface area contributed by atoms with Crippen LogP contribution in [0.3, 0.4) is 0 Å². The SMILES string of the molecule is CN1c2ccccc2C(CCCCCCCCCC(=O)O)c2ccc(Br)cc2S1(=O)=O. The minimum atomic E-state index is -3.62. The van der Waals surface area contributed by atoms with Crippen molar-refractivity contribution in [3.05, 3.63) is 58.1 Å². The lowest BCUT2D eigenvalue weighted by molar-refractivity contribution is -0.137. The number of carboxylic acid groups (broad SMARTS) is 1. The molecular weight excluding hydrogens is 478 g/mol. The summed E-state index contributed by atoms with van der Waals surface area (Å²) >= 11 is 3.43. The number of carboxylic acids is 1. The first-order valence-electron chi connectivity index (χ1n) is 10.9. The van der Waals surface area contributed by atoms with E-state index in [1.807, 2.05) is 36.4 Å². The van der Waals surface area contributed by atoms with Gasteiger partial charge in [-0.15, -0.1) is 0 Å². The summed E-state index contributed by atoms with van der Waals surface area (Å²) in [5.74, 6) is -0.682. The van der Waals surface area contributed by atoms with Gasteiger partial charge < -0.3 is 5.11 Å². The summed E-state index contributed by atoms with van der Waals surface area (Å²) in [5, 5.41) is 8.69. The van der Waals surface area contributed by atoms with E-state index in [0.29, 0.717) is 4.90 Å². The summed E-state index contributed by atoms with van der Waals surface area (Å²) in [6.07, 6.45) is 8.28. The maximum absolute atomic E-state index is 13.3. The lowest BCUT2D eigenvalue weighted by Gasteiger charge is -2.21. The third-order valence-electron chi connectivity index (χ3n) is 6.02. The molecule has 1 aliphatic rings. The molecule has 0 saturated heterocycles. The Labute approximate surface area is 193 Å². The number of anilines is 1. The standard InChI is InChI=1S/C24H30BrNO4S/c1-26-22-13-10-9-12-20(22)19(11-7-5-3-2-4-6-8-14-24(27)28)21-16-15-18(25)17-23(21)31(26,29)30/h9-10,12-13,15-17,19H,2-8,11,14H2,1H3,(H,27,28). The summed E-state index contributed by atoms with van der Waals surface area (Å²) in [6, 6.07) is 13.4. The van der Waals surface area contributed by atoms with E-state index in [4.69, 9.17) is 5.11 Å². The highest BCUT2D eigenvalue weighted by Crippen LogP contribution is 2.44. The highest BCUT2D eigenvalue weighted by Gasteiger charge is 2.34. The van der Waals surface area contributed by atoms with Gasteiger partial charge in [-0.3, -0.25) is 9.10 Å². The molecule has 1 aliphatic heterocycles. The van der Waals surface area contributed by atoms with Crippen LogP contribution in [-0.4, -0.2) is 26.5 Å². The molecule has 2 aromatic rings. The van der Waals surface area contributed by atoms with E-state index in [-0.39, 0.29) is 12.3 Å². The van der Waals surface area contributed by atoms with E-state index >= 15 is 0 Å². The molecule has 0 amide bonds. The van der Waals surface area contributed by atoms with Gasteiger partial charge in [-0.2, -0.15) is 0 Å². The van der Waals surface area contributed by atoms with Crippen LogP contribution < -0.4 is 4.31 Å². The van der Waals surface area contributed by atoms with Crippen LogP contribution in [-0.2, 0) is 14.8 Å². The Morgan fingerprint density at radius 2 is 1.61 bits per heavy atom. The van der Waals surface area contributed by atoms with Gasteiger partial charge >= 0.3 is 5.97 Å². The second kappa shape index (κ2) is 10.6. The third-order valence-corrected chi connectivity index (χ3v) is 8.34. The maximum atomic E-state index is 13.3. The molecule has 1 unspecified atom stereocenters. The van der Waals surface area contributed by atoms with Crippen molar-refractivity contribution in [3.8, 4) is 0 Å². The van der Waals surface area contributed by atoms with Crippen LogP contribution >= 0.6 is 15.9 Å². The number of rotatable bonds is 10. The minimum Gasteiger partial charge on any atom is -0.481 e. The van der Waals surface area contributed by atoms with Crippen LogP contribution in [0.1, 0.15) is 74.8 Å². The molecule has 5 nitrogen and oxygen atoms in total. The number of benzene rings is 2. The smallest absolute Gasteiger partial charge is 0.303 e. The number of hydrogen-bond donors (Lipinski definition) is 1. The molecule has 0 fully saturated rings. The van der Waals surface area contributed by atoms with E-state index in [0.717, 1.165) is 72.7 Å². The van der Waals surface area contributed by atoms with Crippen molar-refractivity contribution >= 4 is 37.6 Å². The lowest BCUT2D eigenvalue weighted by atomic mass is 9.85. The highest BCUT2D eigenvalue weighted by molar-refractivity contribution is 9.10. The second-order valence-corrected chi connectivity index (χ2v) is 11.0. The number of para-hydroxylation sites is 1. The fraction of sp³-hybridized carbons (Fsp3) is 0.458. The zero-order chi connectivity index (χ0) is 22.4. The van der Waals surface area contributed by atoms with Gasteiger partial charge in [-0.1, -0.05) is 78.7 Å². The van der Waals surface area contributed by atoms with E-state index in [9.17, 15) is 13.2 Å². The fourth-order valence-corrected chi connectivity index (χ4v) is 6.37. The van der Waals surface area contributed by atoms with Gasteiger partial charge in [0.15, 0.2) is 0 Å². The minimum absolute atomic E-state index is 0.0367. The predicted octanol–water partition coefficient (Wildman–Crippen LogP) is 6.32. The van der Waals surface area contributed by atoms with E-state index in [1.54, 1.807) is 13.1 Å². The number of aliphatic carboxylic acids is 1. The molecule has 3 rings (SSSR count). The summed E-state index contributed by atoms with van der Waals surface area (Å²) in [6.45, 7) is 0. The van der Waals surface area contributed by atoms with E-state index < -0.39 is 16.0 Å². The quantitative estimate of drug-likeness (QED) is 0.382. The van der Waals surface area contributed by atoms with Crippen molar-refractivity contribution in [2.45, 2.75) is 68.6 Å².